The minimum absolute atomic E-state index is 0.174. The van der Waals surface area contributed by atoms with E-state index in [1.54, 1.807) is 12.4 Å². The molecule has 27 heavy (non-hydrogen) atoms. The van der Waals surface area contributed by atoms with Crippen molar-refractivity contribution in [2.24, 2.45) is 0 Å². The summed E-state index contributed by atoms with van der Waals surface area (Å²) < 4.78 is 0. The highest BCUT2D eigenvalue weighted by Gasteiger charge is 2.27. The third-order valence-corrected chi connectivity index (χ3v) is 5.38. The Kier molecular flexibility index (Phi) is 4.65. The molecule has 1 saturated heterocycles. The van der Waals surface area contributed by atoms with Crippen LogP contribution >= 0.6 is 0 Å². The van der Waals surface area contributed by atoms with Gasteiger partial charge in [0.15, 0.2) is 11.7 Å². The second-order valence-electron chi connectivity index (χ2n) is 7.26. The maximum absolute atomic E-state index is 9.81. The molecule has 0 spiro atoms. The monoisotopic (exact) mass is 367 g/mol. The molecule has 2 aliphatic rings. The number of anilines is 3. The lowest BCUT2D eigenvalue weighted by Crippen LogP contribution is -2.43. The third-order valence-electron chi connectivity index (χ3n) is 5.38. The standard InChI is InChI=1S/C19H25N7O/c1-12-10-13(27)6-9-25(12)16-11-23-17(18(20)24-16)19(21)26-8-3-4-14-15(26)5-2-7-22-14/h2,5,7,11-13,21,27H,3-4,6,8-10H2,1H3,(H2,20,24)/t12-,13-/m1/s1. The molecular weight excluding hydrogens is 342 g/mol. The molecule has 2 aromatic heterocycles. The topological polar surface area (TPSA) is 115 Å². The molecule has 8 heteroatoms. The number of nitrogen functional groups attached to an aromatic ring is 1. The zero-order valence-corrected chi connectivity index (χ0v) is 15.5. The lowest BCUT2D eigenvalue weighted by Gasteiger charge is -2.36. The first-order valence-corrected chi connectivity index (χ1v) is 9.42. The second kappa shape index (κ2) is 7.11. The molecule has 1 fully saturated rings. The molecule has 142 valence electrons. The van der Waals surface area contributed by atoms with Crippen LogP contribution < -0.4 is 15.5 Å². The number of nitrogens with one attached hydrogen (secondary N) is 1. The summed E-state index contributed by atoms with van der Waals surface area (Å²) in [5, 5.41) is 18.5. The minimum Gasteiger partial charge on any atom is -0.393 e. The van der Waals surface area contributed by atoms with E-state index in [1.807, 2.05) is 17.0 Å². The number of nitrogens with two attached hydrogens (primary N) is 1. The third kappa shape index (κ3) is 3.32. The lowest BCUT2D eigenvalue weighted by molar-refractivity contribution is 0.131. The average Bonchev–Trinajstić information content (AvgIpc) is 2.67. The van der Waals surface area contributed by atoms with Crippen LogP contribution in [0.1, 0.15) is 37.6 Å². The number of aromatic nitrogens is 3. The quantitative estimate of drug-likeness (QED) is 0.545. The van der Waals surface area contributed by atoms with Gasteiger partial charge in [0.2, 0.25) is 0 Å². The lowest BCUT2D eigenvalue weighted by atomic mass is 10.0. The molecule has 4 N–H and O–H groups in total. The van der Waals surface area contributed by atoms with Crippen LogP contribution in [0.3, 0.4) is 0 Å². The minimum atomic E-state index is -0.262. The highest BCUT2D eigenvalue weighted by molar-refractivity contribution is 6.09. The van der Waals surface area contributed by atoms with Gasteiger partial charge in [-0.3, -0.25) is 10.4 Å². The van der Waals surface area contributed by atoms with E-state index < -0.39 is 0 Å². The Morgan fingerprint density at radius 1 is 1.33 bits per heavy atom. The van der Waals surface area contributed by atoms with Gasteiger partial charge >= 0.3 is 0 Å². The van der Waals surface area contributed by atoms with E-state index in [1.165, 1.54) is 0 Å². The zero-order chi connectivity index (χ0) is 19.0. The summed E-state index contributed by atoms with van der Waals surface area (Å²) in [5.41, 5.74) is 8.52. The fourth-order valence-electron chi connectivity index (χ4n) is 3.96. The number of pyridine rings is 1. The zero-order valence-electron chi connectivity index (χ0n) is 15.5. The van der Waals surface area contributed by atoms with Crippen molar-refractivity contribution >= 4 is 23.2 Å². The van der Waals surface area contributed by atoms with Crippen LogP contribution in [0.4, 0.5) is 17.3 Å². The number of hydrogen-bond donors (Lipinski definition) is 3. The van der Waals surface area contributed by atoms with Crippen molar-refractivity contribution in [3.05, 3.63) is 35.9 Å². The van der Waals surface area contributed by atoms with Crippen molar-refractivity contribution in [3.8, 4) is 0 Å². The van der Waals surface area contributed by atoms with Crippen molar-refractivity contribution in [2.75, 3.05) is 28.6 Å². The van der Waals surface area contributed by atoms with Gasteiger partial charge in [0.05, 0.1) is 23.7 Å². The fraction of sp³-hybridized carbons (Fsp3) is 0.474. The molecule has 8 nitrogen and oxygen atoms in total. The van der Waals surface area contributed by atoms with Crippen LogP contribution in [0.15, 0.2) is 24.5 Å². The van der Waals surface area contributed by atoms with Gasteiger partial charge in [0, 0.05) is 25.3 Å². The predicted octanol–water partition coefficient (Wildman–Crippen LogP) is 1.58. The summed E-state index contributed by atoms with van der Waals surface area (Å²) in [6.07, 6.45) is 6.47. The van der Waals surface area contributed by atoms with Gasteiger partial charge < -0.3 is 20.6 Å². The normalized spacial score (nSPS) is 22.4. The Hall–Kier alpha value is -2.74. The number of aryl methyl sites for hydroxylation is 1. The van der Waals surface area contributed by atoms with Crippen LogP contribution in [0.2, 0.25) is 0 Å². The van der Waals surface area contributed by atoms with Crippen LogP contribution in [0.5, 0.6) is 0 Å². The Balaban J connectivity index is 1.59. The van der Waals surface area contributed by atoms with Gasteiger partial charge in [-0.2, -0.15) is 0 Å². The SMILES string of the molecule is C[C@@H]1C[C@H](O)CCN1c1cnc(C(=N)N2CCCc3ncccc32)c(N)n1. The van der Waals surface area contributed by atoms with Gasteiger partial charge in [-0.1, -0.05) is 0 Å². The number of rotatable bonds is 2. The number of nitrogens with zero attached hydrogens (tertiary/aromatic N) is 5. The molecule has 0 bridgehead atoms. The number of piperidine rings is 1. The van der Waals surface area contributed by atoms with Crippen molar-refractivity contribution in [1.82, 2.24) is 15.0 Å². The van der Waals surface area contributed by atoms with E-state index >= 15 is 0 Å². The van der Waals surface area contributed by atoms with Gasteiger partial charge in [0.25, 0.3) is 0 Å². The van der Waals surface area contributed by atoms with Crippen LogP contribution in [-0.4, -0.2) is 51.1 Å². The van der Waals surface area contributed by atoms with E-state index in [9.17, 15) is 5.11 Å². The first-order chi connectivity index (χ1) is 13.0. The Labute approximate surface area is 158 Å². The van der Waals surface area contributed by atoms with Crippen LogP contribution in [0, 0.1) is 5.41 Å². The molecule has 0 aromatic carbocycles. The molecule has 4 heterocycles. The number of hydrogen-bond acceptors (Lipinski definition) is 7. The highest BCUT2D eigenvalue weighted by atomic mass is 16.3. The maximum Gasteiger partial charge on any atom is 0.155 e. The first kappa shape index (κ1) is 17.7. The molecule has 0 unspecified atom stereocenters. The van der Waals surface area contributed by atoms with E-state index in [2.05, 4.69) is 26.8 Å². The summed E-state index contributed by atoms with van der Waals surface area (Å²) in [6, 6.07) is 4.04. The van der Waals surface area contributed by atoms with E-state index in [4.69, 9.17) is 11.1 Å². The molecule has 2 atom stereocenters. The van der Waals surface area contributed by atoms with Crippen molar-refractivity contribution in [3.63, 3.8) is 0 Å². The molecule has 2 aromatic rings. The number of aliphatic hydroxyl groups is 1. The molecule has 4 rings (SSSR count). The molecule has 0 saturated carbocycles. The van der Waals surface area contributed by atoms with Crippen molar-refractivity contribution in [1.29, 1.82) is 5.41 Å². The highest BCUT2D eigenvalue weighted by Crippen LogP contribution is 2.28. The summed E-state index contributed by atoms with van der Waals surface area (Å²) in [5.74, 6) is 1.21. The van der Waals surface area contributed by atoms with Crippen molar-refractivity contribution in [2.45, 2.75) is 44.8 Å². The summed E-state index contributed by atoms with van der Waals surface area (Å²) in [6.45, 7) is 3.52. The molecule has 2 aliphatic heterocycles. The Morgan fingerprint density at radius 3 is 2.96 bits per heavy atom. The fourth-order valence-corrected chi connectivity index (χ4v) is 3.96. The van der Waals surface area contributed by atoms with Gasteiger partial charge in [0.1, 0.15) is 11.5 Å². The predicted molar refractivity (Wildman–Crippen MR) is 105 cm³/mol. The van der Waals surface area contributed by atoms with Gasteiger partial charge in [-0.05, 0) is 44.7 Å². The molecule has 0 amide bonds. The summed E-state index contributed by atoms with van der Waals surface area (Å²) in [4.78, 5) is 17.4. The van der Waals surface area contributed by atoms with Gasteiger partial charge in [-0.25, -0.2) is 9.97 Å². The maximum atomic E-state index is 9.81. The van der Waals surface area contributed by atoms with Crippen LogP contribution in [0.25, 0.3) is 0 Å². The summed E-state index contributed by atoms with van der Waals surface area (Å²) >= 11 is 0. The van der Waals surface area contributed by atoms with E-state index in [0.29, 0.717) is 24.4 Å². The smallest absolute Gasteiger partial charge is 0.155 e. The first-order valence-electron chi connectivity index (χ1n) is 9.42. The molecular formula is C19H25N7O. The Bertz CT molecular complexity index is 856. The van der Waals surface area contributed by atoms with E-state index in [0.717, 1.165) is 37.3 Å². The largest absolute Gasteiger partial charge is 0.393 e. The second-order valence-corrected chi connectivity index (χ2v) is 7.26. The number of aliphatic hydroxyl groups excluding tert-OH is 1. The van der Waals surface area contributed by atoms with E-state index in [-0.39, 0.29) is 23.8 Å². The molecule has 0 radical (unpaired) electrons. The number of fused-ring (bicyclic) bond motifs is 1. The Morgan fingerprint density at radius 2 is 2.19 bits per heavy atom. The molecule has 0 aliphatic carbocycles. The average molecular weight is 367 g/mol. The number of amidine groups is 1. The van der Waals surface area contributed by atoms with Crippen LogP contribution in [-0.2, 0) is 6.42 Å². The van der Waals surface area contributed by atoms with Crippen molar-refractivity contribution < 1.29 is 5.11 Å². The van der Waals surface area contributed by atoms with Gasteiger partial charge in [-0.15, -0.1) is 0 Å². The summed E-state index contributed by atoms with van der Waals surface area (Å²) in [7, 11) is 0.